The van der Waals surface area contributed by atoms with Gasteiger partial charge in [0.25, 0.3) is 0 Å². The number of nitrogens with zero attached hydrogens (tertiary/aromatic N) is 2. The van der Waals surface area contributed by atoms with E-state index in [1.54, 1.807) is 18.3 Å². The number of rotatable bonds is 3. The van der Waals surface area contributed by atoms with Crippen LogP contribution >= 0.6 is 0 Å². The minimum Gasteiger partial charge on any atom is -0.491 e. The van der Waals surface area contributed by atoms with E-state index in [-0.39, 0.29) is 5.41 Å². The second-order valence-corrected chi connectivity index (χ2v) is 4.62. The molecule has 0 radical (unpaired) electrons. The van der Waals surface area contributed by atoms with E-state index in [1.165, 1.54) is 0 Å². The zero-order chi connectivity index (χ0) is 11.3. The topological polar surface area (TPSA) is 45.9 Å². The molecule has 3 nitrogen and oxygen atoms in total. The SMILES string of the molecule is CC(C)(C)CCOc1cccnc1C#N. The van der Waals surface area contributed by atoms with Crippen molar-refractivity contribution in [2.45, 2.75) is 27.2 Å². The third-order valence-corrected chi connectivity index (χ3v) is 1.99. The highest BCUT2D eigenvalue weighted by Gasteiger charge is 2.11. The van der Waals surface area contributed by atoms with E-state index < -0.39 is 0 Å². The minimum atomic E-state index is 0.245. The summed E-state index contributed by atoms with van der Waals surface area (Å²) in [4.78, 5) is 3.93. The Bertz CT molecular complexity index is 361. The number of pyridine rings is 1. The Kier molecular flexibility index (Phi) is 3.68. The van der Waals surface area contributed by atoms with Gasteiger partial charge in [-0.3, -0.25) is 0 Å². The molecule has 0 aliphatic rings. The predicted molar refractivity (Wildman–Crippen MR) is 58.5 cm³/mol. The fourth-order valence-corrected chi connectivity index (χ4v) is 1.06. The van der Waals surface area contributed by atoms with Crippen molar-refractivity contribution in [1.29, 1.82) is 5.26 Å². The van der Waals surface area contributed by atoms with Crippen LogP contribution in [0.1, 0.15) is 32.9 Å². The number of ether oxygens (including phenoxy) is 1. The number of aromatic nitrogens is 1. The first kappa shape index (κ1) is 11.5. The monoisotopic (exact) mass is 204 g/mol. The van der Waals surface area contributed by atoms with E-state index in [4.69, 9.17) is 10.00 Å². The molecule has 0 saturated carbocycles. The first-order chi connectivity index (χ1) is 7.03. The van der Waals surface area contributed by atoms with Gasteiger partial charge in [0.05, 0.1) is 6.61 Å². The van der Waals surface area contributed by atoms with Gasteiger partial charge < -0.3 is 4.74 Å². The second-order valence-electron chi connectivity index (χ2n) is 4.62. The Morgan fingerprint density at radius 2 is 2.20 bits per heavy atom. The molecule has 1 aromatic heterocycles. The van der Waals surface area contributed by atoms with Crippen molar-refractivity contribution in [2.75, 3.05) is 6.61 Å². The fourth-order valence-electron chi connectivity index (χ4n) is 1.06. The Labute approximate surface area is 90.7 Å². The minimum absolute atomic E-state index is 0.245. The zero-order valence-corrected chi connectivity index (χ0v) is 9.45. The molecule has 0 aliphatic carbocycles. The van der Waals surface area contributed by atoms with Crippen molar-refractivity contribution < 1.29 is 4.74 Å². The quantitative estimate of drug-likeness (QED) is 0.760. The maximum Gasteiger partial charge on any atom is 0.182 e. The predicted octanol–water partition coefficient (Wildman–Crippen LogP) is 2.77. The van der Waals surface area contributed by atoms with E-state index in [0.717, 1.165) is 6.42 Å². The van der Waals surface area contributed by atoms with Gasteiger partial charge in [-0.15, -0.1) is 0 Å². The van der Waals surface area contributed by atoms with Gasteiger partial charge in [0, 0.05) is 6.20 Å². The summed E-state index contributed by atoms with van der Waals surface area (Å²) in [6.45, 7) is 7.09. The maximum absolute atomic E-state index is 8.79. The van der Waals surface area contributed by atoms with Crippen LogP contribution in [0.4, 0.5) is 0 Å². The molecular weight excluding hydrogens is 188 g/mol. The lowest BCUT2D eigenvalue weighted by Gasteiger charge is -2.18. The molecular formula is C12H16N2O. The summed E-state index contributed by atoms with van der Waals surface area (Å²) in [6, 6.07) is 5.55. The standard InChI is InChI=1S/C12H16N2O/c1-12(2,3)6-8-15-11-5-4-7-14-10(11)9-13/h4-5,7H,6,8H2,1-3H3. The molecule has 0 aromatic carbocycles. The number of hydrogen-bond acceptors (Lipinski definition) is 3. The average Bonchev–Trinajstić information content (AvgIpc) is 2.16. The average molecular weight is 204 g/mol. The summed E-state index contributed by atoms with van der Waals surface area (Å²) >= 11 is 0. The number of nitriles is 1. The van der Waals surface area contributed by atoms with E-state index in [2.05, 4.69) is 25.8 Å². The van der Waals surface area contributed by atoms with Crippen LogP contribution in [0, 0.1) is 16.7 Å². The largest absolute Gasteiger partial charge is 0.491 e. The summed E-state index contributed by atoms with van der Waals surface area (Å²) in [5.74, 6) is 0.573. The van der Waals surface area contributed by atoms with Crippen LogP contribution in [0.15, 0.2) is 18.3 Å². The van der Waals surface area contributed by atoms with Crippen LogP contribution in [-0.2, 0) is 0 Å². The molecule has 0 N–H and O–H groups in total. The van der Waals surface area contributed by atoms with Gasteiger partial charge >= 0.3 is 0 Å². The third kappa shape index (κ3) is 3.99. The zero-order valence-electron chi connectivity index (χ0n) is 9.45. The molecule has 15 heavy (non-hydrogen) atoms. The maximum atomic E-state index is 8.79. The second kappa shape index (κ2) is 4.79. The van der Waals surface area contributed by atoms with Crippen molar-refractivity contribution in [3.63, 3.8) is 0 Å². The van der Waals surface area contributed by atoms with E-state index >= 15 is 0 Å². The molecule has 0 fully saturated rings. The van der Waals surface area contributed by atoms with Crippen LogP contribution in [-0.4, -0.2) is 11.6 Å². The van der Waals surface area contributed by atoms with Gasteiger partial charge in [0.2, 0.25) is 0 Å². The highest BCUT2D eigenvalue weighted by atomic mass is 16.5. The van der Waals surface area contributed by atoms with Crippen LogP contribution in [0.2, 0.25) is 0 Å². The summed E-state index contributed by atoms with van der Waals surface area (Å²) in [7, 11) is 0. The molecule has 0 amide bonds. The fraction of sp³-hybridized carbons (Fsp3) is 0.500. The highest BCUT2D eigenvalue weighted by Crippen LogP contribution is 2.20. The van der Waals surface area contributed by atoms with Crippen molar-refractivity contribution in [3.05, 3.63) is 24.0 Å². The van der Waals surface area contributed by atoms with E-state index in [0.29, 0.717) is 18.1 Å². The van der Waals surface area contributed by atoms with Crippen molar-refractivity contribution >= 4 is 0 Å². The molecule has 80 valence electrons. The summed E-state index contributed by atoms with van der Waals surface area (Å²) < 4.78 is 5.52. The van der Waals surface area contributed by atoms with Gasteiger partial charge in [0.15, 0.2) is 11.4 Å². The first-order valence-corrected chi connectivity index (χ1v) is 5.01. The van der Waals surface area contributed by atoms with Crippen molar-refractivity contribution in [2.24, 2.45) is 5.41 Å². The van der Waals surface area contributed by atoms with Crippen LogP contribution < -0.4 is 4.74 Å². The van der Waals surface area contributed by atoms with Crippen molar-refractivity contribution in [3.8, 4) is 11.8 Å². The Hall–Kier alpha value is -1.56. The summed E-state index contributed by atoms with van der Waals surface area (Å²) in [5, 5.41) is 8.79. The molecule has 0 spiro atoms. The molecule has 1 aromatic rings. The Morgan fingerprint density at radius 3 is 2.80 bits per heavy atom. The summed E-state index contributed by atoms with van der Waals surface area (Å²) in [5.41, 5.74) is 0.598. The number of hydrogen-bond donors (Lipinski definition) is 0. The van der Waals surface area contributed by atoms with E-state index in [9.17, 15) is 0 Å². The molecule has 0 saturated heterocycles. The highest BCUT2D eigenvalue weighted by molar-refractivity contribution is 5.36. The van der Waals surface area contributed by atoms with Gasteiger partial charge in [-0.2, -0.15) is 5.26 Å². The normalized spacial score (nSPS) is 10.8. The Balaban J connectivity index is 2.55. The lowest BCUT2D eigenvalue weighted by Crippen LogP contribution is -2.11. The van der Waals surface area contributed by atoms with Gasteiger partial charge in [-0.05, 0) is 24.0 Å². The molecule has 3 heteroatoms. The smallest absolute Gasteiger partial charge is 0.182 e. The molecule has 1 rings (SSSR count). The lowest BCUT2D eigenvalue weighted by molar-refractivity contribution is 0.242. The molecule has 0 bridgehead atoms. The molecule has 0 aliphatic heterocycles. The lowest BCUT2D eigenvalue weighted by atomic mass is 9.93. The van der Waals surface area contributed by atoms with E-state index in [1.807, 2.05) is 6.07 Å². The van der Waals surface area contributed by atoms with Gasteiger partial charge in [-0.1, -0.05) is 20.8 Å². The molecule has 1 heterocycles. The first-order valence-electron chi connectivity index (χ1n) is 5.01. The summed E-state index contributed by atoms with van der Waals surface area (Å²) in [6.07, 6.45) is 2.54. The van der Waals surface area contributed by atoms with Crippen LogP contribution in [0.3, 0.4) is 0 Å². The van der Waals surface area contributed by atoms with Crippen LogP contribution in [0.25, 0.3) is 0 Å². The van der Waals surface area contributed by atoms with Gasteiger partial charge in [-0.25, -0.2) is 4.98 Å². The third-order valence-electron chi connectivity index (χ3n) is 1.99. The molecule has 0 atom stereocenters. The van der Waals surface area contributed by atoms with Crippen molar-refractivity contribution in [1.82, 2.24) is 4.98 Å². The molecule has 0 unspecified atom stereocenters. The Morgan fingerprint density at radius 1 is 1.47 bits per heavy atom. The van der Waals surface area contributed by atoms with Crippen LogP contribution in [0.5, 0.6) is 5.75 Å². The van der Waals surface area contributed by atoms with Gasteiger partial charge in [0.1, 0.15) is 6.07 Å².